The Kier molecular flexibility index (Phi) is 1.42. The van der Waals surface area contributed by atoms with Crippen molar-refractivity contribution < 1.29 is 9.47 Å². The van der Waals surface area contributed by atoms with Gasteiger partial charge >= 0.3 is 0 Å². The molecule has 1 aliphatic heterocycles. The van der Waals surface area contributed by atoms with Crippen LogP contribution in [0.15, 0.2) is 12.5 Å². The van der Waals surface area contributed by atoms with Gasteiger partial charge in [0.1, 0.15) is 6.10 Å². The molecule has 46 valence electrons. The molecule has 1 aliphatic rings. The molecule has 0 aromatic rings. The Labute approximate surface area is 49.1 Å². The number of hydrogen-bond acceptors (Lipinski definition) is 2. The average Bonchev–Trinajstić information content (AvgIpc) is 1.64. The third-order valence-electron chi connectivity index (χ3n) is 1.12. The largest absolute Gasteiger partial charge is 0.466 e. The third-order valence-corrected chi connectivity index (χ3v) is 1.12. The van der Waals surface area contributed by atoms with Crippen molar-refractivity contribution in [3.05, 3.63) is 12.5 Å². The average molecular weight is 114 g/mol. The smallest absolute Gasteiger partial charge is 0.271 e. The molecule has 0 bridgehead atoms. The molecule has 0 amide bonds. The molecule has 0 aromatic heterocycles. The fraction of sp³-hybridized carbons (Fsp3) is 0.667. The van der Waals surface area contributed by atoms with Crippen LogP contribution in [0.1, 0.15) is 13.3 Å². The Morgan fingerprint density at radius 2 is 2.50 bits per heavy atom. The van der Waals surface area contributed by atoms with Crippen LogP contribution in [0.2, 0.25) is 0 Å². The Morgan fingerprint density at radius 1 is 1.75 bits per heavy atom. The third kappa shape index (κ3) is 1.15. The van der Waals surface area contributed by atoms with E-state index in [4.69, 9.17) is 9.47 Å². The van der Waals surface area contributed by atoms with Gasteiger partial charge < -0.3 is 9.47 Å². The van der Waals surface area contributed by atoms with Gasteiger partial charge in [-0.25, -0.2) is 0 Å². The number of ether oxygens (including phenoxy) is 2. The molecule has 0 N–H and O–H groups in total. The van der Waals surface area contributed by atoms with Gasteiger partial charge in [0.25, 0.3) is 5.95 Å². The molecule has 0 aliphatic carbocycles. The fourth-order valence-corrected chi connectivity index (χ4v) is 0.656. The first-order chi connectivity index (χ1) is 3.79. The van der Waals surface area contributed by atoms with Gasteiger partial charge in [-0.15, -0.1) is 0 Å². The van der Waals surface area contributed by atoms with Crippen molar-refractivity contribution in [2.24, 2.45) is 0 Å². The van der Waals surface area contributed by atoms with Gasteiger partial charge in [-0.3, -0.25) is 0 Å². The Balaban J connectivity index is 2.34. The lowest BCUT2D eigenvalue weighted by atomic mass is 10.3. The molecule has 1 fully saturated rings. The molecule has 0 saturated carbocycles. The van der Waals surface area contributed by atoms with Crippen LogP contribution in [0, 0.1) is 0 Å². The number of hydrogen-bond donors (Lipinski definition) is 0. The maximum absolute atomic E-state index is 5.07. The van der Waals surface area contributed by atoms with E-state index in [1.807, 2.05) is 6.92 Å². The van der Waals surface area contributed by atoms with Gasteiger partial charge in [0, 0.05) is 6.42 Å². The Bertz CT molecular complexity index is 98.7. The lowest BCUT2D eigenvalue weighted by molar-refractivity contribution is -0.0541. The van der Waals surface area contributed by atoms with Gasteiger partial charge in [0.05, 0.1) is 6.61 Å². The predicted molar refractivity (Wildman–Crippen MR) is 30.3 cm³/mol. The van der Waals surface area contributed by atoms with Crippen LogP contribution in [-0.2, 0) is 9.47 Å². The van der Waals surface area contributed by atoms with E-state index in [1.165, 1.54) is 0 Å². The van der Waals surface area contributed by atoms with Crippen molar-refractivity contribution in [2.45, 2.75) is 19.4 Å². The summed E-state index contributed by atoms with van der Waals surface area (Å²) in [7, 11) is 0. The SMILES string of the molecule is C=C1OCC[C@@H](C)O1. The molecule has 0 radical (unpaired) electrons. The van der Waals surface area contributed by atoms with Gasteiger partial charge in [0.2, 0.25) is 0 Å². The van der Waals surface area contributed by atoms with E-state index in [0.29, 0.717) is 5.95 Å². The van der Waals surface area contributed by atoms with Crippen molar-refractivity contribution in [1.82, 2.24) is 0 Å². The lowest BCUT2D eigenvalue weighted by Gasteiger charge is -2.21. The van der Waals surface area contributed by atoms with Crippen molar-refractivity contribution in [3.63, 3.8) is 0 Å². The summed E-state index contributed by atoms with van der Waals surface area (Å²) in [5.74, 6) is 0.462. The fourth-order valence-electron chi connectivity index (χ4n) is 0.656. The van der Waals surface area contributed by atoms with Crippen LogP contribution in [0.25, 0.3) is 0 Å². The van der Waals surface area contributed by atoms with E-state index in [0.717, 1.165) is 13.0 Å². The summed E-state index contributed by atoms with van der Waals surface area (Å²) in [5.41, 5.74) is 0. The summed E-state index contributed by atoms with van der Waals surface area (Å²) >= 11 is 0. The van der Waals surface area contributed by atoms with E-state index in [9.17, 15) is 0 Å². The zero-order valence-electron chi connectivity index (χ0n) is 5.02. The first-order valence-corrected chi connectivity index (χ1v) is 2.77. The highest BCUT2D eigenvalue weighted by Gasteiger charge is 2.10. The predicted octanol–water partition coefficient (Wildman–Crippen LogP) is 1.28. The molecule has 2 heteroatoms. The van der Waals surface area contributed by atoms with Crippen LogP contribution < -0.4 is 0 Å². The standard InChI is InChI=1S/C6H10O2/c1-5-3-4-7-6(2)8-5/h5H,2-4H2,1H3/t5-/m1/s1. The zero-order valence-corrected chi connectivity index (χ0v) is 5.02. The second-order valence-corrected chi connectivity index (χ2v) is 1.94. The van der Waals surface area contributed by atoms with Crippen molar-refractivity contribution in [2.75, 3.05) is 6.61 Å². The maximum atomic E-state index is 5.07. The summed E-state index contributed by atoms with van der Waals surface area (Å²) in [6.45, 7) is 6.28. The molecular weight excluding hydrogens is 104 g/mol. The monoisotopic (exact) mass is 114 g/mol. The van der Waals surface area contributed by atoms with Crippen LogP contribution >= 0.6 is 0 Å². The minimum atomic E-state index is 0.288. The molecule has 1 saturated heterocycles. The minimum absolute atomic E-state index is 0.288. The second kappa shape index (κ2) is 2.07. The maximum Gasteiger partial charge on any atom is 0.271 e. The van der Waals surface area contributed by atoms with E-state index in [2.05, 4.69) is 6.58 Å². The molecule has 8 heavy (non-hydrogen) atoms. The molecule has 0 unspecified atom stereocenters. The lowest BCUT2D eigenvalue weighted by Crippen LogP contribution is -2.18. The van der Waals surface area contributed by atoms with E-state index in [-0.39, 0.29) is 6.10 Å². The first-order valence-electron chi connectivity index (χ1n) is 2.77. The highest BCUT2D eigenvalue weighted by atomic mass is 16.7. The normalized spacial score (nSPS) is 28.6. The molecule has 0 spiro atoms. The molecule has 1 heterocycles. The van der Waals surface area contributed by atoms with Crippen LogP contribution in [-0.4, -0.2) is 12.7 Å². The summed E-state index contributed by atoms with van der Waals surface area (Å²) < 4.78 is 10.0. The molecule has 1 atom stereocenters. The summed E-state index contributed by atoms with van der Waals surface area (Å²) in [6, 6.07) is 0. The first kappa shape index (κ1) is 5.48. The van der Waals surface area contributed by atoms with Gasteiger partial charge in [-0.1, -0.05) is 0 Å². The molecule has 1 rings (SSSR count). The van der Waals surface area contributed by atoms with Crippen molar-refractivity contribution >= 4 is 0 Å². The van der Waals surface area contributed by atoms with Crippen molar-refractivity contribution in [1.29, 1.82) is 0 Å². The van der Waals surface area contributed by atoms with E-state index >= 15 is 0 Å². The minimum Gasteiger partial charge on any atom is -0.466 e. The van der Waals surface area contributed by atoms with Crippen LogP contribution in [0.3, 0.4) is 0 Å². The van der Waals surface area contributed by atoms with Gasteiger partial charge in [0.15, 0.2) is 0 Å². The second-order valence-electron chi connectivity index (χ2n) is 1.94. The van der Waals surface area contributed by atoms with Crippen molar-refractivity contribution in [3.8, 4) is 0 Å². The number of rotatable bonds is 0. The van der Waals surface area contributed by atoms with Crippen LogP contribution in [0.5, 0.6) is 0 Å². The summed E-state index contributed by atoms with van der Waals surface area (Å²) in [4.78, 5) is 0. The highest BCUT2D eigenvalue weighted by Crippen LogP contribution is 2.11. The molecular formula is C6H10O2. The molecule has 2 nitrogen and oxygen atoms in total. The highest BCUT2D eigenvalue weighted by molar-refractivity contribution is 4.74. The zero-order chi connectivity index (χ0) is 5.98. The molecule has 0 aromatic carbocycles. The van der Waals surface area contributed by atoms with E-state index < -0.39 is 0 Å². The van der Waals surface area contributed by atoms with Gasteiger partial charge in [-0.05, 0) is 13.5 Å². The van der Waals surface area contributed by atoms with Crippen LogP contribution in [0.4, 0.5) is 0 Å². The topological polar surface area (TPSA) is 18.5 Å². The van der Waals surface area contributed by atoms with Gasteiger partial charge in [-0.2, -0.15) is 0 Å². The Morgan fingerprint density at radius 3 is 2.88 bits per heavy atom. The summed E-state index contributed by atoms with van der Waals surface area (Å²) in [5, 5.41) is 0. The quantitative estimate of drug-likeness (QED) is 0.472. The Hall–Kier alpha value is -0.660. The summed E-state index contributed by atoms with van der Waals surface area (Å²) in [6.07, 6.45) is 1.26. The van der Waals surface area contributed by atoms with E-state index in [1.54, 1.807) is 0 Å².